The zero-order valence-corrected chi connectivity index (χ0v) is 11.0. The first-order valence-corrected chi connectivity index (χ1v) is 6.99. The van der Waals surface area contributed by atoms with Crippen LogP contribution >= 0.6 is 11.3 Å². The normalized spacial score (nSPS) is 18.0. The van der Waals surface area contributed by atoms with E-state index in [2.05, 4.69) is 20.3 Å². The van der Waals surface area contributed by atoms with Gasteiger partial charge in [0.05, 0.1) is 24.3 Å². The number of nitrogens with zero attached hydrogens (tertiary/aromatic N) is 2. The quantitative estimate of drug-likeness (QED) is 0.795. The number of hydrogen-bond donors (Lipinski definition) is 3. The average molecular weight is 278 g/mol. The maximum Gasteiger partial charge on any atom is 0.312 e. The Bertz CT molecular complexity index is 579. The molecule has 0 saturated heterocycles. The van der Waals surface area contributed by atoms with Crippen molar-refractivity contribution in [3.05, 3.63) is 28.8 Å². The third-order valence-corrected chi connectivity index (χ3v) is 4.33. The number of anilines is 1. The summed E-state index contributed by atoms with van der Waals surface area (Å²) in [5, 5.41) is 13.2. The van der Waals surface area contributed by atoms with E-state index < -0.39 is 11.9 Å². The molecule has 0 aromatic carbocycles. The molecule has 19 heavy (non-hydrogen) atoms. The third kappa shape index (κ3) is 2.46. The maximum atomic E-state index is 11.2. The number of carbonyl (C=O) groups is 1. The Labute approximate surface area is 113 Å². The number of carboxylic acids is 1. The van der Waals surface area contributed by atoms with Crippen molar-refractivity contribution in [3.8, 4) is 0 Å². The Balaban J connectivity index is 1.76. The molecule has 0 radical (unpaired) electrons. The summed E-state index contributed by atoms with van der Waals surface area (Å²) >= 11 is 1.56. The second-order valence-electron chi connectivity index (χ2n) is 4.54. The second-order valence-corrected chi connectivity index (χ2v) is 5.62. The van der Waals surface area contributed by atoms with Gasteiger partial charge in [0.15, 0.2) is 5.13 Å². The molecule has 0 saturated carbocycles. The van der Waals surface area contributed by atoms with Crippen molar-refractivity contribution in [2.45, 2.75) is 31.7 Å². The van der Waals surface area contributed by atoms with Gasteiger partial charge in [-0.05, 0) is 19.3 Å². The van der Waals surface area contributed by atoms with E-state index in [4.69, 9.17) is 0 Å². The molecule has 0 spiro atoms. The summed E-state index contributed by atoms with van der Waals surface area (Å²) in [4.78, 5) is 23.7. The van der Waals surface area contributed by atoms with Crippen molar-refractivity contribution in [1.29, 1.82) is 0 Å². The molecule has 2 aromatic rings. The fourth-order valence-electron chi connectivity index (χ4n) is 2.29. The lowest BCUT2D eigenvalue weighted by atomic mass is 9.91. The van der Waals surface area contributed by atoms with Crippen LogP contribution in [0.1, 0.15) is 35.0 Å². The Morgan fingerprint density at radius 3 is 3.26 bits per heavy atom. The summed E-state index contributed by atoms with van der Waals surface area (Å²) < 4.78 is 0. The van der Waals surface area contributed by atoms with Gasteiger partial charge < -0.3 is 15.4 Å². The minimum Gasteiger partial charge on any atom is -0.481 e. The molecule has 0 amide bonds. The Morgan fingerprint density at radius 1 is 1.63 bits per heavy atom. The van der Waals surface area contributed by atoms with Crippen LogP contribution in [0.3, 0.4) is 0 Å². The number of hydrogen-bond acceptors (Lipinski definition) is 5. The molecule has 1 atom stereocenters. The van der Waals surface area contributed by atoms with E-state index in [1.165, 1.54) is 0 Å². The molecule has 0 fully saturated rings. The molecule has 1 unspecified atom stereocenters. The molecular formula is C12H14N4O2S. The molecule has 1 aliphatic carbocycles. The van der Waals surface area contributed by atoms with Gasteiger partial charge in [0.25, 0.3) is 0 Å². The third-order valence-electron chi connectivity index (χ3n) is 3.24. The van der Waals surface area contributed by atoms with Crippen molar-refractivity contribution in [3.63, 3.8) is 0 Å². The minimum atomic E-state index is -0.772. The van der Waals surface area contributed by atoms with Gasteiger partial charge >= 0.3 is 5.97 Å². The van der Waals surface area contributed by atoms with Crippen LogP contribution in [0.25, 0.3) is 0 Å². The zero-order valence-electron chi connectivity index (χ0n) is 10.2. The van der Waals surface area contributed by atoms with Gasteiger partial charge in [0, 0.05) is 11.1 Å². The van der Waals surface area contributed by atoms with Crippen LogP contribution in [-0.2, 0) is 17.8 Å². The highest BCUT2D eigenvalue weighted by Crippen LogP contribution is 2.36. The lowest BCUT2D eigenvalue weighted by molar-refractivity contribution is -0.139. The highest BCUT2D eigenvalue weighted by molar-refractivity contribution is 7.15. The van der Waals surface area contributed by atoms with E-state index in [9.17, 15) is 9.90 Å². The maximum absolute atomic E-state index is 11.2. The lowest BCUT2D eigenvalue weighted by Gasteiger charge is -2.16. The number of carboxylic acid groups (broad SMARTS) is 1. The van der Waals surface area contributed by atoms with E-state index in [1.807, 2.05) is 0 Å². The summed E-state index contributed by atoms with van der Waals surface area (Å²) in [5.41, 5.74) is 1.72. The standard InChI is InChI=1S/C12H14N4O2S/c17-11(18)8-2-1-3-9-10(8)16-12(19-9)14-5-7-4-13-6-15-7/h4,6,8H,1-3,5H2,(H,13,15)(H,14,16)(H,17,18). The average Bonchev–Trinajstić information content (AvgIpc) is 3.04. The molecular weight excluding hydrogens is 264 g/mol. The Kier molecular flexibility index (Phi) is 3.20. The first-order chi connectivity index (χ1) is 9.24. The van der Waals surface area contributed by atoms with Crippen LogP contribution in [0.2, 0.25) is 0 Å². The summed E-state index contributed by atoms with van der Waals surface area (Å²) in [7, 11) is 0. The van der Waals surface area contributed by atoms with Crippen molar-refractivity contribution in [2.24, 2.45) is 0 Å². The lowest BCUT2D eigenvalue weighted by Crippen LogP contribution is -2.17. The van der Waals surface area contributed by atoms with Gasteiger partial charge in [0.1, 0.15) is 5.92 Å². The monoisotopic (exact) mass is 278 g/mol. The van der Waals surface area contributed by atoms with Gasteiger partial charge in [-0.3, -0.25) is 4.79 Å². The molecule has 3 rings (SSSR count). The molecule has 2 aromatic heterocycles. The summed E-state index contributed by atoms with van der Waals surface area (Å²) in [6.07, 6.45) is 5.92. The zero-order chi connectivity index (χ0) is 13.2. The first kappa shape index (κ1) is 12.2. The van der Waals surface area contributed by atoms with Crippen LogP contribution in [0.5, 0.6) is 0 Å². The second kappa shape index (κ2) is 5.00. The fraction of sp³-hybridized carbons (Fsp3) is 0.417. The molecule has 0 aliphatic heterocycles. The number of aromatic amines is 1. The molecule has 3 N–H and O–H groups in total. The highest BCUT2D eigenvalue weighted by Gasteiger charge is 2.29. The van der Waals surface area contributed by atoms with Crippen molar-refractivity contribution >= 4 is 22.4 Å². The number of rotatable bonds is 4. The fourth-order valence-corrected chi connectivity index (χ4v) is 3.35. The number of H-pyrrole nitrogens is 1. The summed E-state index contributed by atoms with van der Waals surface area (Å²) in [5.74, 6) is -1.21. The summed E-state index contributed by atoms with van der Waals surface area (Å²) in [6.45, 7) is 0.615. The molecule has 100 valence electrons. The van der Waals surface area contributed by atoms with Gasteiger partial charge in [-0.1, -0.05) is 0 Å². The van der Waals surface area contributed by atoms with E-state index in [0.29, 0.717) is 13.0 Å². The molecule has 0 bridgehead atoms. The number of aliphatic carboxylic acids is 1. The SMILES string of the molecule is O=C(O)C1CCCc2sc(NCc3cnc[nH]3)nc21. The number of aryl methyl sites for hydroxylation is 1. The molecule has 2 heterocycles. The van der Waals surface area contributed by atoms with E-state index in [0.717, 1.165) is 34.2 Å². The van der Waals surface area contributed by atoms with Crippen LogP contribution < -0.4 is 5.32 Å². The highest BCUT2D eigenvalue weighted by atomic mass is 32.1. The minimum absolute atomic E-state index is 0.442. The summed E-state index contributed by atoms with van der Waals surface area (Å²) in [6, 6.07) is 0. The van der Waals surface area contributed by atoms with Crippen molar-refractivity contribution < 1.29 is 9.90 Å². The van der Waals surface area contributed by atoms with Gasteiger partial charge in [-0.25, -0.2) is 9.97 Å². The van der Waals surface area contributed by atoms with Crippen LogP contribution in [0, 0.1) is 0 Å². The van der Waals surface area contributed by atoms with Crippen LogP contribution in [0.4, 0.5) is 5.13 Å². The van der Waals surface area contributed by atoms with Gasteiger partial charge in [-0.2, -0.15) is 0 Å². The molecule has 1 aliphatic rings. The predicted octanol–water partition coefficient (Wildman–Crippen LogP) is 1.98. The van der Waals surface area contributed by atoms with E-state index >= 15 is 0 Å². The smallest absolute Gasteiger partial charge is 0.312 e. The van der Waals surface area contributed by atoms with E-state index in [-0.39, 0.29) is 0 Å². The van der Waals surface area contributed by atoms with Crippen molar-refractivity contribution in [1.82, 2.24) is 15.0 Å². The predicted molar refractivity (Wildman–Crippen MR) is 71.3 cm³/mol. The van der Waals surface area contributed by atoms with Crippen LogP contribution in [-0.4, -0.2) is 26.0 Å². The Hall–Kier alpha value is -1.89. The van der Waals surface area contributed by atoms with Gasteiger partial charge in [-0.15, -0.1) is 11.3 Å². The Morgan fingerprint density at radius 2 is 2.53 bits per heavy atom. The number of imidazole rings is 1. The van der Waals surface area contributed by atoms with Gasteiger partial charge in [0.2, 0.25) is 0 Å². The number of fused-ring (bicyclic) bond motifs is 1. The van der Waals surface area contributed by atoms with Crippen LogP contribution in [0.15, 0.2) is 12.5 Å². The molecule has 7 heteroatoms. The van der Waals surface area contributed by atoms with Crippen molar-refractivity contribution in [2.75, 3.05) is 5.32 Å². The molecule has 6 nitrogen and oxygen atoms in total. The largest absolute Gasteiger partial charge is 0.481 e. The van der Waals surface area contributed by atoms with E-state index in [1.54, 1.807) is 23.9 Å². The number of nitrogens with one attached hydrogen (secondary N) is 2. The topological polar surface area (TPSA) is 90.9 Å². The number of thiazole rings is 1. The first-order valence-electron chi connectivity index (χ1n) is 6.17. The number of aromatic nitrogens is 3.